The standard InChI is InChI=1S/C13H15ClN2O4/c1-2-5-15-10(13(19)20)7-12(18)16-9-6-8(14)3-4-11(9)17/h2-4,6,10,15,17H,1,5,7H2,(H,16,18)(H,19,20). The summed E-state index contributed by atoms with van der Waals surface area (Å²) in [5, 5.41) is 23.9. The number of nitrogens with one attached hydrogen (secondary N) is 2. The quantitative estimate of drug-likeness (QED) is 0.453. The van der Waals surface area contributed by atoms with Gasteiger partial charge in [-0.05, 0) is 18.2 Å². The molecule has 1 rings (SSSR count). The number of carbonyl (C=O) groups is 2. The Morgan fingerprint density at radius 1 is 1.45 bits per heavy atom. The Balaban J connectivity index is 2.67. The van der Waals surface area contributed by atoms with Crippen molar-refractivity contribution in [3.05, 3.63) is 35.9 Å². The van der Waals surface area contributed by atoms with Crippen molar-refractivity contribution in [1.82, 2.24) is 5.32 Å². The lowest BCUT2D eigenvalue weighted by Crippen LogP contribution is -2.39. The number of aromatic hydroxyl groups is 1. The second kappa shape index (κ2) is 7.52. The zero-order valence-corrected chi connectivity index (χ0v) is 11.4. The highest BCUT2D eigenvalue weighted by Crippen LogP contribution is 2.26. The van der Waals surface area contributed by atoms with Gasteiger partial charge in [-0.25, -0.2) is 0 Å². The predicted octanol–water partition coefficient (Wildman–Crippen LogP) is 1.60. The lowest BCUT2D eigenvalue weighted by Gasteiger charge is -2.13. The number of carboxylic acids is 1. The van der Waals surface area contributed by atoms with E-state index in [1.54, 1.807) is 0 Å². The molecule has 108 valence electrons. The van der Waals surface area contributed by atoms with Gasteiger partial charge in [0.2, 0.25) is 5.91 Å². The van der Waals surface area contributed by atoms with Crippen molar-refractivity contribution in [2.45, 2.75) is 12.5 Å². The molecule has 1 aromatic carbocycles. The summed E-state index contributed by atoms with van der Waals surface area (Å²) in [6, 6.07) is 3.15. The number of amides is 1. The fourth-order valence-corrected chi connectivity index (χ4v) is 1.64. The molecule has 0 fully saturated rings. The van der Waals surface area contributed by atoms with E-state index in [4.69, 9.17) is 16.7 Å². The van der Waals surface area contributed by atoms with Crippen LogP contribution in [0.25, 0.3) is 0 Å². The number of halogens is 1. The van der Waals surface area contributed by atoms with Crippen LogP contribution in [0.1, 0.15) is 6.42 Å². The van der Waals surface area contributed by atoms with Crippen molar-refractivity contribution in [3.8, 4) is 5.75 Å². The Hall–Kier alpha value is -2.05. The Kier molecular flexibility index (Phi) is 6.02. The van der Waals surface area contributed by atoms with Gasteiger partial charge in [0.15, 0.2) is 0 Å². The first kappa shape index (κ1) is 16.0. The van der Waals surface area contributed by atoms with Crippen LogP contribution in [0, 0.1) is 0 Å². The number of rotatable bonds is 7. The molecule has 1 unspecified atom stereocenters. The monoisotopic (exact) mass is 298 g/mol. The van der Waals surface area contributed by atoms with E-state index in [0.717, 1.165) is 0 Å². The average Bonchev–Trinajstić information content (AvgIpc) is 2.38. The molecule has 0 saturated carbocycles. The summed E-state index contributed by atoms with van der Waals surface area (Å²) in [5.74, 6) is -1.84. The molecule has 0 spiro atoms. The molecular weight excluding hydrogens is 284 g/mol. The number of carboxylic acid groups (broad SMARTS) is 1. The largest absolute Gasteiger partial charge is 0.506 e. The third-order valence-electron chi connectivity index (χ3n) is 2.43. The molecule has 4 N–H and O–H groups in total. The molecule has 0 aliphatic carbocycles. The van der Waals surface area contributed by atoms with Gasteiger partial charge in [-0.2, -0.15) is 0 Å². The number of aliphatic carboxylic acids is 1. The van der Waals surface area contributed by atoms with Crippen molar-refractivity contribution < 1.29 is 19.8 Å². The minimum absolute atomic E-state index is 0.135. The smallest absolute Gasteiger partial charge is 0.321 e. The van der Waals surface area contributed by atoms with Crippen molar-refractivity contribution in [2.75, 3.05) is 11.9 Å². The van der Waals surface area contributed by atoms with E-state index in [-0.39, 0.29) is 24.4 Å². The Morgan fingerprint density at radius 2 is 2.15 bits per heavy atom. The van der Waals surface area contributed by atoms with Crippen LogP contribution in [-0.4, -0.2) is 34.7 Å². The highest BCUT2D eigenvalue weighted by atomic mass is 35.5. The molecule has 0 radical (unpaired) electrons. The summed E-state index contributed by atoms with van der Waals surface area (Å²) >= 11 is 5.75. The number of phenolic OH excluding ortho intramolecular Hbond substituents is 1. The predicted molar refractivity (Wildman–Crippen MR) is 76.0 cm³/mol. The Bertz CT molecular complexity index is 519. The van der Waals surface area contributed by atoms with E-state index in [1.807, 2.05) is 0 Å². The molecule has 0 heterocycles. The zero-order chi connectivity index (χ0) is 15.1. The number of phenols is 1. The van der Waals surface area contributed by atoms with E-state index >= 15 is 0 Å². The van der Waals surface area contributed by atoms with Crippen LogP contribution in [0.15, 0.2) is 30.9 Å². The first-order chi connectivity index (χ1) is 9.43. The van der Waals surface area contributed by atoms with Crippen molar-refractivity contribution in [2.24, 2.45) is 0 Å². The summed E-state index contributed by atoms with van der Waals surface area (Å²) in [4.78, 5) is 22.7. The van der Waals surface area contributed by atoms with Crippen LogP contribution in [0.3, 0.4) is 0 Å². The summed E-state index contributed by atoms with van der Waals surface area (Å²) in [7, 11) is 0. The van der Waals surface area contributed by atoms with Gasteiger partial charge in [0.1, 0.15) is 11.8 Å². The molecule has 0 aromatic heterocycles. The Labute approximate surface area is 121 Å². The fourth-order valence-electron chi connectivity index (χ4n) is 1.47. The molecule has 1 amide bonds. The summed E-state index contributed by atoms with van der Waals surface area (Å²) in [6.07, 6.45) is 1.21. The molecule has 0 bridgehead atoms. The second-order valence-corrected chi connectivity index (χ2v) is 4.44. The van der Waals surface area contributed by atoms with Crippen molar-refractivity contribution >= 4 is 29.2 Å². The molecule has 0 saturated heterocycles. The lowest BCUT2D eigenvalue weighted by atomic mass is 10.2. The van der Waals surface area contributed by atoms with Gasteiger partial charge in [0.25, 0.3) is 0 Å². The number of anilines is 1. The highest BCUT2D eigenvalue weighted by Gasteiger charge is 2.20. The van der Waals surface area contributed by atoms with Crippen molar-refractivity contribution in [1.29, 1.82) is 0 Å². The second-order valence-electron chi connectivity index (χ2n) is 4.00. The van der Waals surface area contributed by atoms with Gasteiger partial charge in [-0.15, -0.1) is 6.58 Å². The van der Waals surface area contributed by atoms with Gasteiger partial charge in [-0.1, -0.05) is 17.7 Å². The van der Waals surface area contributed by atoms with Crippen LogP contribution < -0.4 is 10.6 Å². The van der Waals surface area contributed by atoms with E-state index < -0.39 is 17.9 Å². The SMILES string of the molecule is C=CCNC(CC(=O)Nc1cc(Cl)ccc1O)C(=O)O. The summed E-state index contributed by atoms with van der Waals surface area (Å²) < 4.78 is 0. The molecule has 0 aliphatic heterocycles. The highest BCUT2D eigenvalue weighted by molar-refractivity contribution is 6.31. The minimum Gasteiger partial charge on any atom is -0.506 e. The van der Waals surface area contributed by atoms with Crippen molar-refractivity contribution in [3.63, 3.8) is 0 Å². The normalized spacial score (nSPS) is 11.7. The number of hydrogen-bond donors (Lipinski definition) is 4. The van der Waals surface area contributed by atoms with Gasteiger partial charge in [0, 0.05) is 11.6 Å². The van der Waals surface area contributed by atoms with Crippen LogP contribution in [-0.2, 0) is 9.59 Å². The molecule has 0 aliphatic rings. The maximum absolute atomic E-state index is 11.8. The maximum atomic E-state index is 11.8. The summed E-state index contributed by atoms with van der Waals surface area (Å²) in [5.41, 5.74) is 0.135. The first-order valence-electron chi connectivity index (χ1n) is 5.79. The van der Waals surface area contributed by atoms with Crippen LogP contribution in [0.4, 0.5) is 5.69 Å². The Morgan fingerprint density at radius 3 is 2.75 bits per heavy atom. The minimum atomic E-state index is -1.14. The van der Waals surface area contributed by atoms with Gasteiger partial charge in [-0.3, -0.25) is 9.59 Å². The third kappa shape index (κ3) is 4.91. The molecular formula is C13H15ClN2O4. The van der Waals surface area contributed by atoms with Gasteiger partial charge < -0.3 is 20.8 Å². The van der Waals surface area contributed by atoms with Crippen LogP contribution in [0.5, 0.6) is 5.75 Å². The topological polar surface area (TPSA) is 98.7 Å². The molecule has 1 atom stereocenters. The molecule has 1 aromatic rings. The number of carbonyl (C=O) groups excluding carboxylic acids is 1. The van der Waals surface area contributed by atoms with Gasteiger partial charge in [0.05, 0.1) is 12.1 Å². The van der Waals surface area contributed by atoms with Gasteiger partial charge >= 0.3 is 5.97 Å². The summed E-state index contributed by atoms with van der Waals surface area (Å²) in [6.45, 7) is 3.73. The van der Waals surface area contributed by atoms with E-state index in [9.17, 15) is 14.7 Å². The average molecular weight is 299 g/mol. The molecule has 7 heteroatoms. The zero-order valence-electron chi connectivity index (χ0n) is 10.6. The van der Waals surface area contributed by atoms with E-state index in [0.29, 0.717) is 5.02 Å². The first-order valence-corrected chi connectivity index (χ1v) is 6.17. The fraction of sp³-hybridized carbons (Fsp3) is 0.231. The number of benzene rings is 1. The third-order valence-corrected chi connectivity index (χ3v) is 2.66. The lowest BCUT2D eigenvalue weighted by molar-refractivity contribution is -0.140. The van der Waals surface area contributed by atoms with E-state index in [2.05, 4.69) is 17.2 Å². The molecule has 20 heavy (non-hydrogen) atoms. The van der Waals surface area contributed by atoms with E-state index in [1.165, 1.54) is 24.3 Å². The maximum Gasteiger partial charge on any atom is 0.321 e. The number of hydrogen-bond acceptors (Lipinski definition) is 4. The molecule has 6 nitrogen and oxygen atoms in total. The van der Waals surface area contributed by atoms with Crippen LogP contribution in [0.2, 0.25) is 5.02 Å². The van der Waals surface area contributed by atoms with Crippen LogP contribution >= 0.6 is 11.6 Å².